The maximum Gasteiger partial charge on any atom is 0.416 e. The minimum Gasteiger partial charge on any atom is -0.478 e. The average molecular weight is 451 g/mol. The van der Waals surface area contributed by atoms with E-state index in [4.69, 9.17) is 0 Å². The number of sulfone groups is 1. The van der Waals surface area contributed by atoms with Gasteiger partial charge in [0.05, 0.1) is 21.8 Å². The summed E-state index contributed by atoms with van der Waals surface area (Å²) in [6, 6.07) is 10.2. The summed E-state index contributed by atoms with van der Waals surface area (Å²) >= 11 is 0. The summed E-state index contributed by atoms with van der Waals surface area (Å²) in [5, 5.41) is 9.23. The molecule has 0 saturated carbocycles. The highest BCUT2D eigenvalue weighted by molar-refractivity contribution is 7.90. The molecule has 0 spiro atoms. The van der Waals surface area contributed by atoms with Gasteiger partial charge in [0.1, 0.15) is 0 Å². The van der Waals surface area contributed by atoms with Gasteiger partial charge in [-0.15, -0.1) is 0 Å². The van der Waals surface area contributed by atoms with E-state index in [1.54, 1.807) is 36.9 Å². The largest absolute Gasteiger partial charge is 0.478 e. The lowest BCUT2D eigenvalue weighted by molar-refractivity contribution is -0.137. The van der Waals surface area contributed by atoms with E-state index in [9.17, 15) is 31.5 Å². The van der Waals surface area contributed by atoms with Crippen molar-refractivity contribution in [3.05, 3.63) is 77.0 Å². The minimum atomic E-state index is -4.64. The first-order valence-corrected chi connectivity index (χ1v) is 11.0. The van der Waals surface area contributed by atoms with Crippen LogP contribution in [0.25, 0.3) is 11.3 Å². The summed E-state index contributed by atoms with van der Waals surface area (Å²) in [5.74, 6) is -1.99. The van der Waals surface area contributed by atoms with Crippen molar-refractivity contribution in [3.63, 3.8) is 0 Å². The van der Waals surface area contributed by atoms with Crippen LogP contribution in [0.4, 0.5) is 13.2 Å². The van der Waals surface area contributed by atoms with Crippen LogP contribution >= 0.6 is 0 Å². The van der Waals surface area contributed by atoms with E-state index in [-0.39, 0.29) is 16.0 Å². The molecule has 0 aliphatic heterocycles. The second-order valence-electron chi connectivity index (χ2n) is 7.11. The summed E-state index contributed by atoms with van der Waals surface area (Å²) in [6.45, 7) is 1.72. The van der Waals surface area contributed by atoms with E-state index in [0.717, 1.165) is 18.2 Å². The molecule has 9 heteroatoms. The smallest absolute Gasteiger partial charge is 0.416 e. The number of aromatic nitrogens is 1. The van der Waals surface area contributed by atoms with Crippen molar-refractivity contribution in [2.45, 2.75) is 30.2 Å². The average Bonchev–Trinajstić information content (AvgIpc) is 3.12. The third-order valence-corrected chi connectivity index (χ3v) is 6.77. The Morgan fingerprint density at radius 1 is 1.06 bits per heavy atom. The molecule has 1 heterocycles. The normalized spacial score (nSPS) is 12.2. The number of benzene rings is 2. The first kappa shape index (κ1) is 22.6. The number of rotatable bonds is 6. The van der Waals surface area contributed by atoms with Crippen molar-refractivity contribution in [3.8, 4) is 11.3 Å². The van der Waals surface area contributed by atoms with Crippen LogP contribution in [-0.2, 0) is 35.2 Å². The van der Waals surface area contributed by atoms with Crippen LogP contribution in [0.15, 0.2) is 59.6 Å². The number of nitrogens with zero attached hydrogens (tertiary/aromatic N) is 1. The number of carbonyl (C=O) groups is 1. The van der Waals surface area contributed by atoms with Gasteiger partial charge >= 0.3 is 12.1 Å². The Labute approximate surface area is 177 Å². The Morgan fingerprint density at radius 2 is 1.77 bits per heavy atom. The molecule has 164 valence electrons. The highest BCUT2D eigenvalue weighted by Gasteiger charge is 2.32. The maximum absolute atomic E-state index is 13.3. The van der Waals surface area contributed by atoms with Crippen molar-refractivity contribution < 1.29 is 31.5 Å². The zero-order chi connectivity index (χ0) is 23.0. The molecule has 0 saturated heterocycles. The Balaban J connectivity index is 2.18. The third kappa shape index (κ3) is 4.66. The number of carboxylic acids is 1. The Kier molecular flexibility index (Phi) is 6.00. The van der Waals surface area contributed by atoms with Crippen LogP contribution in [-0.4, -0.2) is 24.1 Å². The van der Waals surface area contributed by atoms with E-state index in [0.29, 0.717) is 23.2 Å². The van der Waals surface area contributed by atoms with Crippen LogP contribution in [0.5, 0.6) is 0 Å². The van der Waals surface area contributed by atoms with Gasteiger partial charge in [-0.05, 0) is 53.9 Å². The molecule has 0 aliphatic carbocycles. The number of hydrogen-bond acceptors (Lipinski definition) is 3. The Bertz CT molecular complexity index is 1240. The topological polar surface area (TPSA) is 76.4 Å². The summed E-state index contributed by atoms with van der Waals surface area (Å²) in [5.41, 5.74) is 0.148. The Morgan fingerprint density at radius 3 is 2.32 bits per heavy atom. The van der Waals surface area contributed by atoms with Gasteiger partial charge in [-0.25, -0.2) is 13.2 Å². The molecule has 5 nitrogen and oxygen atoms in total. The fourth-order valence-electron chi connectivity index (χ4n) is 3.43. The lowest BCUT2D eigenvalue weighted by atomic mass is 10.0. The summed E-state index contributed by atoms with van der Waals surface area (Å²) in [7, 11) is -2.44. The highest BCUT2D eigenvalue weighted by Crippen LogP contribution is 2.35. The van der Waals surface area contributed by atoms with Crippen molar-refractivity contribution in [1.82, 2.24) is 4.57 Å². The molecule has 1 aromatic heterocycles. The first-order chi connectivity index (χ1) is 14.4. The molecule has 3 rings (SSSR count). The number of aromatic carboxylic acids is 1. The molecule has 0 unspecified atom stereocenters. The van der Waals surface area contributed by atoms with Gasteiger partial charge in [0.25, 0.3) is 0 Å². The first-order valence-electron chi connectivity index (χ1n) is 9.35. The fraction of sp³-hybridized carbons (Fsp3) is 0.227. The summed E-state index contributed by atoms with van der Waals surface area (Å²) in [4.78, 5) is 11.1. The lowest BCUT2D eigenvalue weighted by Gasteiger charge is -2.16. The van der Waals surface area contributed by atoms with Gasteiger partial charge in [-0.2, -0.15) is 13.2 Å². The second kappa shape index (κ2) is 8.22. The molecule has 0 radical (unpaired) electrons. The zero-order valence-corrected chi connectivity index (χ0v) is 17.6. The van der Waals surface area contributed by atoms with Crippen LogP contribution in [0.1, 0.15) is 34.0 Å². The van der Waals surface area contributed by atoms with Crippen LogP contribution in [0.2, 0.25) is 0 Å². The van der Waals surface area contributed by atoms with Gasteiger partial charge in [0.15, 0.2) is 9.84 Å². The second-order valence-corrected chi connectivity index (χ2v) is 9.07. The van der Waals surface area contributed by atoms with Gasteiger partial charge in [0, 0.05) is 24.5 Å². The summed E-state index contributed by atoms with van der Waals surface area (Å²) < 4.78 is 68.1. The maximum atomic E-state index is 13.3. The monoisotopic (exact) mass is 451 g/mol. The number of aryl methyl sites for hydroxylation is 2. The number of alkyl halides is 3. The lowest BCUT2D eigenvalue weighted by Crippen LogP contribution is -2.12. The van der Waals surface area contributed by atoms with E-state index < -0.39 is 33.3 Å². The van der Waals surface area contributed by atoms with Crippen molar-refractivity contribution in [1.29, 1.82) is 0 Å². The van der Waals surface area contributed by atoms with Crippen molar-refractivity contribution in [2.75, 3.05) is 0 Å². The molecule has 0 aliphatic rings. The fourth-order valence-corrected chi connectivity index (χ4v) is 5.15. The number of halogens is 3. The molecule has 0 atom stereocenters. The third-order valence-electron chi connectivity index (χ3n) is 5.03. The molecular formula is C22H20F3NO4S. The number of hydrogen-bond donors (Lipinski definition) is 1. The standard InChI is InChI=1S/C22H20F3NO4S/c1-3-14-6-7-15(21(27)28)12-20(14)31(29,30)13-16-11-17(22(23,24)25)8-9-18(16)19-5-4-10-26(19)2/h4-12H,3,13H2,1-2H3,(H,27,28). The zero-order valence-electron chi connectivity index (χ0n) is 16.8. The molecule has 0 fully saturated rings. The van der Waals surface area contributed by atoms with Gasteiger partial charge in [-0.3, -0.25) is 0 Å². The van der Waals surface area contributed by atoms with E-state index in [2.05, 4.69) is 0 Å². The minimum absolute atomic E-state index is 0.0144. The molecule has 0 bridgehead atoms. The van der Waals surface area contributed by atoms with E-state index in [1.165, 1.54) is 18.2 Å². The van der Waals surface area contributed by atoms with Gasteiger partial charge in [0.2, 0.25) is 0 Å². The van der Waals surface area contributed by atoms with Gasteiger partial charge < -0.3 is 9.67 Å². The highest BCUT2D eigenvalue weighted by atomic mass is 32.2. The molecule has 31 heavy (non-hydrogen) atoms. The van der Waals surface area contributed by atoms with Crippen molar-refractivity contribution in [2.24, 2.45) is 7.05 Å². The molecule has 2 aromatic carbocycles. The quantitative estimate of drug-likeness (QED) is 0.576. The van der Waals surface area contributed by atoms with Crippen LogP contribution in [0.3, 0.4) is 0 Å². The van der Waals surface area contributed by atoms with Crippen LogP contribution in [0, 0.1) is 0 Å². The van der Waals surface area contributed by atoms with Crippen molar-refractivity contribution >= 4 is 15.8 Å². The molecule has 0 amide bonds. The number of carboxylic acid groups (broad SMARTS) is 1. The molecule has 3 aromatic rings. The molecule has 1 N–H and O–H groups in total. The van der Waals surface area contributed by atoms with Crippen LogP contribution < -0.4 is 0 Å². The van der Waals surface area contributed by atoms with Gasteiger partial charge in [-0.1, -0.05) is 19.1 Å². The predicted octanol–water partition coefficient (Wildman–Crippen LogP) is 4.95. The molecular weight excluding hydrogens is 431 g/mol. The van der Waals surface area contributed by atoms with E-state index in [1.807, 2.05) is 0 Å². The summed E-state index contributed by atoms with van der Waals surface area (Å²) in [6.07, 6.45) is -2.61. The predicted molar refractivity (Wildman–Crippen MR) is 110 cm³/mol. The SMILES string of the molecule is CCc1ccc(C(=O)O)cc1S(=O)(=O)Cc1cc(C(F)(F)F)ccc1-c1cccn1C. The Hall–Kier alpha value is -3.07. The van der Waals surface area contributed by atoms with E-state index >= 15 is 0 Å².